The molecule has 0 aliphatic carbocycles. The molecule has 0 aliphatic rings. The predicted molar refractivity (Wildman–Crippen MR) is 100.0 cm³/mol. The van der Waals surface area contributed by atoms with Gasteiger partial charge in [0.05, 0.1) is 12.8 Å². The minimum Gasteiger partial charge on any atom is -0.495 e. The molecule has 0 bridgehead atoms. The summed E-state index contributed by atoms with van der Waals surface area (Å²) in [6, 6.07) is 14.8. The van der Waals surface area contributed by atoms with E-state index in [-0.39, 0.29) is 11.5 Å². The molecule has 1 aromatic heterocycles. The van der Waals surface area contributed by atoms with Gasteiger partial charge >= 0.3 is 0 Å². The third kappa shape index (κ3) is 3.77. The van der Waals surface area contributed by atoms with Crippen LogP contribution in [0.25, 0.3) is 17.0 Å². The number of H-pyrrole nitrogens is 1. The number of para-hydroxylation sites is 1. The summed E-state index contributed by atoms with van der Waals surface area (Å²) < 4.78 is 5.24. The topological polar surface area (TPSA) is 71.2 Å². The van der Waals surface area contributed by atoms with Gasteiger partial charge in [0.15, 0.2) is 0 Å². The number of aromatic nitrogens is 1. The predicted octanol–water partition coefficient (Wildman–Crippen LogP) is 3.50. The summed E-state index contributed by atoms with van der Waals surface area (Å²) in [5, 5.41) is 3.67. The number of aromatic amines is 1. The van der Waals surface area contributed by atoms with Gasteiger partial charge in [-0.2, -0.15) is 0 Å². The maximum Gasteiger partial charge on any atom is 0.255 e. The Morgan fingerprint density at radius 1 is 1.16 bits per heavy atom. The lowest BCUT2D eigenvalue weighted by atomic mass is 10.1. The fourth-order valence-corrected chi connectivity index (χ4v) is 2.55. The van der Waals surface area contributed by atoms with Crippen LogP contribution >= 0.6 is 0 Å². The van der Waals surface area contributed by atoms with Crippen molar-refractivity contribution in [3.8, 4) is 5.75 Å². The molecule has 25 heavy (non-hydrogen) atoms. The highest BCUT2D eigenvalue weighted by Crippen LogP contribution is 2.25. The zero-order valence-corrected chi connectivity index (χ0v) is 14.0. The molecule has 0 spiro atoms. The van der Waals surface area contributed by atoms with Crippen molar-refractivity contribution in [3.05, 3.63) is 76.1 Å². The molecular weight excluding hydrogens is 316 g/mol. The van der Waals surface area contributed by atoms with E-state index < -0.39 is 0 Å². The molecule has 126 valence electrons. The number of fused-ring (bicyclic) bond motifs is 1. The third-order valence-corrected chi connectivity index (χ3v) is 3.81. The van der Waals surface area contributed by atoms with E-state index in [0.29, 0.717) is 17.0 Å². The molecule has 1 amide bonds. The first-order valence-corrected chi connectivity index (χ1v) is 7.82. The lowest BCUT2D eigenvalue weighted by molar-refractivity contribution is -0.111. The molecule has 0 radical (unpaired) electrons. The number of hydrogen-bond acceptors (Lipinski definition) is 3. The van der Waals surface area contributed by atoms with E-state index >= 15 is 0 Å². The van der Waals surface area contributed by atoms with Crippen molar-refractivity contribution in [2.24, 2.45) is 0 Å². The van der Waals surface area contributed by atoms with E-state index in [2.05, 4.69) is 10.3 Å². The van der Waals surface area contributed by atoms with E-state index in [0.717, 1.165) is 16.5 Å². The van der Waals surface area contributed by atoms with E-state index in [1.54, 1.807) is 19.2 Å². The molecule has 0 atom stereocenters. The zero-order valence-electron chi connectivity index (χ0n) is 14.0. The molecule has 0 saturated carbocycles. The van der Waals surface area contributed by atoms with E-state index in [1.807, 2.05) is 43.3 Å². The minimum atomic E-state index is -0.337. The maximum atomic E-state index is 12.2. The van der Waals surface area contributed by atoms with Crippen molar-refractivity contribution in [1.82, 2.24) is 4.98 Å². The van der Waals surface area contributed by atoms with Gasteiger partial charge < -0.3 is 15.0 Å². The summed E-state index contributed by atoms with van der Waals surface area (Å²) in [5.74, 6) is 0.243. The first-order valence-electron chi connectivity index (χ1n) is 7.82. The molecule has 0 fully saturated rings. The lowest BCUT2D eigenvalue weighted by Gasteiger charge is -2.09. The second kappa shape index (κ2) is 7.05. The molecule has 3 aromatic rings. The number of pyridine rings is 1. The maximum absolute atomic E-state index is 12.2. The zero-order chi connectivity index (χ0) is 17.8. The Labute approximate surface area is 145 Å². The Kier molecular flexibility index (Phi) is 4.66. The van der Waals surface area contributed by atoms with Crippen molar-refractivity contribution in [2.45, 2.75) is 6.92 Å². The van der Waals surface area contributed by atoms with Gasteiger partial charge in [-0.3, -0.25) is 9.59 Å². The number of aryl methyl sites for hydroxylation is 1. The molecule has 2 aromatic carbocycles. The lowest BCUT2D eigenvalue weighted by Crippen LogP contribution is -2.11. The fourth-order valence-electron chi connectivity index (χ4n) is 2.55. The van der Waals surface area contributed by atoms with Crippen molar-refractivity contribution in [3.63, 3.8) is 0 Å². The van der Waals surface area contributed by atoms with Crippen molar-refractivity contribution >= 4 is 28.6 Å². The molecule has 2 N–H and O–H groups in total. The van der Waals surface area contributed by atoms with E-state index in [4.69, 9.17) is 4.74 Å². The number of anilines is 1. The van der Waals surface area contributed by atoms with Crippen LogP contribution in [0.1, 0.15) is 11.1 Å². The molecule has 5 nitrogen and oxygen atoms in total. The molecule has 5 heteroatoms. The van der Waals surface area contributed by atoms with Gasteiger partial charge in [0.2, 0.25) is 5.91 Å². The summed E-state index contributed by atoms with van der Waals surface area (Å²) in [7, 11) is 1.55. The summed E-state index contributed by atoms with van der Waals surface area (Å²) in [4.78, 5) is 27.1. The molecule has 1 heterocycles. The first kappa shape index (κ1) is 16.5. The van der Waals surface area contributed by atoms with Crippen LogP contribution in [-0.2, 0) is 4.79 Å². The van der Waals surface area contributed by atoms with Crippen LogP contribution in [0.4, 0.5) is 5.69 Å². The number of nitrogens with one attached hydrogen (secondary N) is 2. The monoisotopic (exact) mass is 334 g/mol. The Hall–Kier alpha value is -3.34. The smallest absolute Gasteiger partial charge is 0.255 e. The van der Waals surface area contributed by atoms with Gasteiger partial charge in [-0.25, -0.2) is 0 Å². The Morgan fingerprint density at radius 2 is 1.96 bits per heavy atom. The number of amides is 1. The number of ether oxygens (including phenoxy) is 1. The largest absolute Gasteiger partial charge is 0.495 e. The van der Waals surface area contributed by atoms with Gasteiger partial charge in [0.1, 0.15) is 5.75 Å². The minimum absolute atomic E-state index is 0.240. The van der Waals surface area contributed by atoms with Gasteiger partial charge in [-0.15, -0.1) is 0 Å². The summed E-state index contributed by atoms with van der Waals surface area (Å²) in [6.07, 6.45) is 2.84. The van der Waals surface area contributed by atoms with Crippen LogP contribution in [0, 0.1) is 6.92 Å². The van der Waals surface area contributed by atoms with Crippen molar-refractivity contribution < 1.29 is 9.53 Å². The van der Waals surface area contributed by atoms with Crippen LogP contribution < -0.4 is 15.6 Å². The normalized spacial score (nSPS) is 11.0. The van der Waals surface area contributed by atoms with Gasteiger partial charge in [-0.1, -0.05) is 24.3 Å². The highest BCUT2D eigenvalue weighted by Gasteiger charge is 2.06. The van der Waals surface area contributed by atoms with Crippen LogP contribution in [0.3, 0.4) is 0 Å². The second-order valence-corrected chi connectivity index (χ2v) is 5.67. The van der Waals surface area contributed by atoms with Crippen LogP contribution in [-0.4, -0.2) is 18.0 Å². The average molecular weight is 334 g/mol. The molecular formula is C20H18N2O3. The highest BCUT2D eigenvalue weighted by atomic mass is 16.5. The summed E-state index contributed by atoms with van der Waals surface area (Å²) in [6.45, 7) is 1.93. The van der Waals surface area contributed by atoms with Crippen molar-refractivity contribution in [1.29, 1.82) is 0 Å². The Morgan fingerprint density at radius 3 is 2.76 bits per heavy atom. The molecule has 3 rings (SSSR count). The second-order valence-electron chi connectivity index (χ2n) is 5.67. The quantitative estimate of drug-likeness (QED) is 0.717. The first-order chi connectivity index (χ1) is 12.1. The number of carbonyl (C=O) groups is 1. The summed E-state index contributed by atoms with van der Waals surface area (Å²) in [5.41, 5.74) is 2.54. The van der Waals surface area contributed by atoms with Gasteiger partial charge in [0, 0.05) is 17.2 Å². The average Bonchev–Trinajstić information content (AvgIpc) is 2.60. The number of carbonyl (C=O) groups excluding carboxylic acids is 1. The Balaban J connectivity index is 1.83. The standard InChI is InChI=1S/C20H18N2O3/c1-13-7-9-18(25-2)17(11-13)21-19(23)10-8-15-12-14-5-3-4-6-16(14)22-20(15)24/h3-12H,1-2H3,(H,21,23)(H,22,24)/b10-8+. The molecule has 0 aliphatic heterocycles. The Bertz CT molecular complexity index is 1020. The number of hydrogen-bond donors (Lipinski definition) is 2. The highest BCUT2D eigenvalue weighted by molar-refractivity contribution is 6.03. The van der Waals surface area contributed by atoms with E-state index in [9.17, 15) is 9.59 Å². The SMILES string of the molecule is COc1ccc(C)cc1NC(=O)/C=C/c1cc2ccccc2[nH]c1=O. The molecule has 0 unspecified atom stereocenters. The van der Waals surface area contributed by atoms with E-state index in [1.165, 1.54) is 12.2 Å². The third-order valence-electron chi connectivity index (χ3n) is 3.81. The number of benzene rings is 2. The van der Waals surface area contributed by atoms with Crippen LogP contribution in [0.2, 0.25) is 0 Å². The van der Waals surface area contributed by atoms with Crippen LogP contribution in [0.5, 0.6) is 5.75 Å². The molecule has 0 saturated heterocycles. The van der Waals surface area contributed by atoms with Gasteiger partial charge in [0.25, 0.3) is 5.56 Å². The van der Waals surface area contributed by atoms with Gasteiger partial charge in [-0.05, 0) is 48.2 Å². The number of rotatable bonds is 4. The van der Waals surface area contributed by atoms with Crippen LogP contribution in [0.15, 0.2) is 59.4 Å². The van der Waals surface area contributed by atoms with Crippen molar-refractivity contribution in [2.75, 3.05) is 12.4 Å². The summed E-state index contributed by atoms with van der Waals surface area (Å²) >= 11 is 0. The number of methoxy groups -OCH3 is 1. The fraction of sp³-hybridized carbons (Fsp3) is 0.100.